The highest BCUT2D eigenvalue weighted by atomic mass is 32.2. The molecular formula is C19H25FN4O2S. The van der Waals surface area contributed by atoms with Crippen molar-refractivity contribution < 1.29 is 12.8 Å². The average molecular weight is 393 g/mol. The first kappa shape index (κ1) is 18.4. The maximum absolute atomic E-state index is 14.6. The zero-order valence-corrected chi connectivity index (χ0v) is 16.3. The number of halogens is 1. The number of anilines is 1. The third-order valence-electron chi connectivity index (χ3n) is 5.72. The van der Waals surface area contributed by atoms with Gasteiger partial charge in [0.2, 0.25) is 5.95 Å². The first-order valence-electron chi connectivity index (χ1n) is 9.43. The Labute approximate surface area is 159 Å². The van der Waals surface area contributed by atoms with Crippen molar-refractivity contribution in [3.05, 3.63) is 41.7 Å². The summed E-state index contributed by atoms with van der Waals surface area (Å²) < 4.78 is 39.8. The maximum Gasteiger partial charge on any atom is 0.227 e. The number of aromatic nitrogens is 3. The predicted molar refractivity (Wildman–Crippen MR) is 102 cm³/mol. The largest absolute Gasteiger partial charge is 0.338 e. The fraction of sp³-hybridized carbons (Fsp3) is 0.579. The van der Waals surface area contributed by atoms with Crippen LogP contribution in [0.2, 0.25) is 0 Å². The van der Waals surface area contributed by atoms with E-state index in [1.807, 2.05) is 46.8 Å². The molecule has 6 nitrogen and oxygen atoms in total. The molecule has 0 radical (unpaired) electrons. The zero-order chi connectivity index (χ0) is 19.0. The molecule has 2 fully saturated rings. The fourth-order valence-corrected chi connectivity index (χ4v) is 6.06. The molecule has 2 saturated heterocycles. The monoisotopic (exact) mass is 392 g/mol. The molecule has 0 bridgehead atoms. The lowest BCUT2D eigenvalue weighted by atomic mass is 9.97. The summed E-state index contributed by atoms with van der Waals surface area (Å²) in [5.74, 6) is 1.97. The van der Waals surface area contributed by atoms with Crippen molar-refractivity contribution in [2.75, 3.05) is 29.5 Å². The van der Waals surface area contributed by atoms with E-state index >= 15 is 0 Å². The van der Waals surface area contributed by atoms with Crippen LogP contribution in [0.25, 0.3) is 0 Å². The van der Waals surface area contributed by atoms with Crippen molar-refractivity contribution in [3.8, 4) is 0 Å². The van der Waals surface area contributed by atoms with E-state index in [4.69, 9.17) is 0 Å². The van der Waals surface area contributed by atoms with Crippen LogP contribution in [0.5, 0.6) is 0 Å². The second-order valence-corrected chi connectivity index (χ2v) is 10.0. The van der Waals surface area contributed by atoms with Crippen LogP contribution in [0.15, 0.2) is 30.3 Å². The molecule has 2 aliphatic heterocycles. The second kappa shape index (κ2) is 7.22. The van der Waals surface area contributed by atoms with Crippen LogP contribution in [-0.2, 0) is 29.7 Å². The Kier molecular flexibility index (Phi) is 4.92. The van der Waals surface area contributed by atoms with Gasteiger partial charge in [-0.2, -0.15) is 0 Å². The Bertz CT molecular complexity index is 900. The van der Waals surface area contributed by atoms with Crippen LogP contribution < -0.4 is 4.90 Å². The van der Waals surface area contributed by atoms with E-state index in [1.54, 1.807) is 0 Å². The van der Waals surface area contributed by atoms with Crippen LogP contribution in [0.1, 0.15) is 17.8 Å². The molecule has 3 atom stereocenters. The predicted octanol–water partition coefficient (Wildman–Crippen LogP) is 1.81. The standard InChI is InChI=1S/C19H25FN4O2S/c1-23-18(10-15-7-8-27(25,26)13-15)21-22-19(23)24-11-16(17(20)12-24)9-14-5-3-2-4-6-14/h2-6,15-17H,7-13H2,1H3/t15?,16-,17+/m0/s1. The first-order valence-corrected chi connectivity index (χ1v) is 11.2. The summed E-state index contributed by atoms with van der Waals surface area (Å²) in [5.41, 5.74) is 1.15. The molecule has 0 aliphatic carbocycles. The van der Waals surface area contributed by atoms with E-state index in [0.29, 0.717) is 38.3 Å². The highest BCUT2D eigenvalue weighted by Gasteiger charge is 2.35. The van der Waals surface area contributed by atoms with Crippen LogP contribution in [0, 0.1) is 11.8 Å². The molecule has 146 valence electrons. The summed E-state index contributed by atoms with van der Waals surface area (Å²) in [7, 11) is -1.02. The molecule has 1 unspecified atom stereocenters. The van der Waals surface area contributed by atoms with Gasteiger partial charge in [-0.3, -0.25) is 0 Å². The number of nitrogens with zero attached hydrogens (tertiary/aromatic N) is 4. The van der Waals surface area contributed by atoms with Gasteiger partial charge in [-0.05, 0) is 24.3 Å². The van der Waals surface area contributed by atoms with Crippen molar-refractivity contribution in [3.63, 3.8) is 0 Å². The van der Waals surface area contributed by atoms with E-state index in [0.717, 1.165) is 11.4 Å². The Hall–Kier alpha value is -1.96. The van der Waals surface area contributed by atoms with E-state index < -0.39 is 16.0 Å². The van der Waals surface area contributed by atoms with Crippen molar-refractivity contribution in [2.45, 2.75) is 25.4 Å². The normalized spacial score (nSPS) is 27.3. The summed E-state index contributed by atoms with van der Waals surface area (Å²) in [6, 6.07) is 9.99. The van der Waals surface area contributed by atoms with Gasteiger partial charge in [0, 0.05) is 25.9 Å². The lowest BCUT2D eigenvalue weighted by molar-refractivity contribution is 0.283. The molecule has 8 heteroatoms. The second-order valence-electron chi connectivity index (χ2n) is 7.82. The molecule has 0 spiro atoms. The summed E-state index contributed by atoms with van der Waals surface area (Å²) in [6.07, 6.45) is 1.09. The molecule has 2 aromatic rings. The summed E-state index contributed by atoms with van der Waals surface area (Å²) in [4.78, 5) is 1.96. The molecule has 3 heterocycles. The van der Waals surface area contributed by atoms with Gasteiger partial charge in [0.1, 0.15) is 12.0 Å². The van der Waals surface area contributed by atoms with Crippen molar-refractivity contribution in [1.82, 2.24) is 14.8 Å². The van der Waals surface area contributed by atoms with E-state index in [2.05, 4.69) is 10.2 Å². The van der Waals surface area contributed by atoms with Gasteiger partial charge in [0.05, 0.1) is 18.1 Å². The quantitative estimate of drug-likeness (QED) is 0.776. The van der Waals surface area contributed by atoms with E-state index in [9.17, 15) is 12.8 Å². The third-order valence-corrected chi connectivity index (χ3v) is 7.56. The van der Waals surface area contributed by atoms with Gasteiger partial charge in [0.15, 0.2) is 9.84 Å². The van der Waals surface area contributed by atoms with Gasteiger partial charge in [0.25, 0.3) is 0 Å². The average Bonchev–Trinajstić information content (AvgIpc) is 3.28. The smallest absolute Gasteiger partial charge is 0.227 e. The minimum absolute atomic E-state index is 0.0625. The SMILES string of the molecule is Cn1c(CC2CCS(=O)(=O)C2)nnc1N1C[C@H](Cc2ccccc2)[C@H](F)C1. The number of rotatable bonds is 5. The van der Waals surface area contributed by atoms with Gasteiger partial charge < -0.3 is 9.47 Å². The first-order chi connectivity index (χ1) is 12.9. The number of alkyl halides is 1. The number of hydrogen-bond donors (Lipinski definition) is 0. The number of benzene rings is 1. The highest BCUT2D eigenvalue weighted by Crippen LogP contribution is 2.29. The summed E-state index contributed by atoms with van der Waals surface area (Å²) in [5, 5.41) is 8.53. The Balaban J connectivity index is 1.43. The highest BCUT2D eigenvalue weighted by molar-refractivity contribution is 7.91. The van der Waals surface area contributed by atoms with E-state index in [-0.39, 0.29) is 23.3 Å². The fourth-order valence-electron chi connectivity index (χ4n) is 4.20. The molecule has 1 aromatic carbocycles. The summed E-state index contributed by atoms with van der Waals surface area (Å²) in [6.45, 7) is 0.932. The molecule has 27 heavy (non-hydrogen) atoms. The minimum Gasteiger partial charge on any atom is -0.338 e. The topological polar surface area (TPSA) is 68.1 Å². The van der Waals surface area contributed by atoms with Crippen LogP contribution in [-0.4, -0.2) is 53.9 Å². The van der Waals surface area contributed by atoms with E-state index in [1.165, 1.54) is 0 Å². The van der Waals surface area contributed by atoms with Gasteiger partial charge in [-0.15, -0.1) is 10.2 Å². The molecule has 1 aromatic heterocycles. The minimum atomic E-state index is -2.90. The third kappa shape index (κ3) is 4.00. The Morgan fingerprint density at radius 2 is 1.93 bits per heavy atom. The molecule has 4 rings (SSSR count). The van der Waals surface area contributed by atoms with Crippen molar-refractivity contribution in [1.29, 1.82) is 0 Å². The van der Waals surface area contributed by atoms with Crippen LogP contribution in [0.3, 0.4) is 0 Å². The number of hydrogen-bond acceptors (Lipinski definition) is 5. The lowest BCUT2D eigenvalue weighted by Gasteiger charge is -2.17. The van der Waals surface area contributed by atoms with Crippen LogP contribution >= 0.6 is 0 Å². The van der Waals surface area contributed by atoms with Crippen molar-refractivity contribution in [2.24, 2.45) is 18.9 Å². The molecule has 2 aliphatic rings. The van der Waals surface area contributed by atoms with Gasteiger partial charge >= 0.3 is 0 Å². The maximum atomic E-state index is 14.6. The van der Waals surface area contributed by atoms with Gasteiger partial charge in [-0.1, -0.05) is 30.3 Å². The Morgan fingerprint density at radius 3 is 2.63 bits per heavy atom. The van der Waals surface area contributed by atoms with Crippen molar-refractivity contribution >= 4 is 15.8 Å². The van der Waals surface area contributed by atoms with Gasteiger partial charge in [-0.25, -0.2) is 12.8 Å². The molecule has 0 N–H and O–H groups in total. The molecule has 0 saturated carbocycles. The lowest BCUT2D eigenvalue weighted by Crippen LogP contribution is -2.24. The summed E-state index contributed by atoms with van der Waals surface area (Å²) >= 11 is 0. The molecule has 0 amide bonds. The molecular weight excluding hydrogens is 367 g/mol. The Morgan fingerprint density at radius 1 is 1.15 bits per heavy atom. The zero-order valence-electron chi connectivity index (χ0n) is 15.5. The number of sulfone groups is 1. The van der Waals surface area contributed by atoms with Crippen LogP contribution in [0.4, 0.5) is 10.3 Å².